The van der Waals surface area contributed by atoms with Gasteiger partial charge < -0.3 is 15.5 Å². The van der Waals surface area contributed by atoms with Gasteiger partial charge in [0.2, 0.25) is 5.91 Å². The van der Waals surface area contributed by atoms with E-state index in [1.54, 1.807) is 0 Å². The predicted molar refractivity (Wildman–Crippen MR) is 80.0 cm³/mol. The number of carbonyl (C=O) groups excluding carboxylic acids is 1. The van der Waals surface area contributed by atoms with Crippen LogP contribution in [-0.4, -0.2) is 49.4 Å². The highest BCUT2D eigenvalue weighted by Gasteiger charge is 2.14. The van der Waals surface area contributed by atoms with E-state index in [1.807, 2.05) is 43.3 Å². The highest BCUT2D eigenvalue weighted by atomic mass is 16.2. The number of nitrogens with zero attached hydrogens (tertiary/aromatic N) is 2. The first-order valence-electron chi connectivity index (χ1n) is 6.80. The van der Waals surface area contributed by atoms with Crippen molar-refractivity contribution in [2.45, 2.75) is 19.8 Å². The van der Waals surface area contributed by atoms with Crippen molar-refractivity contribution in [3.63, 3.8) is 0 Å². The van der Waals surface area contributed by atoms with Gasteiger partial charge in [0.15, 0.2) is 0 Å². The molecule has 0 aliphatic rings. The number of nitrogens with two attached hydrogens (primary N) is 1. The molecule has 0 spiro atoms. The van der Waals surface area contributed by atoms with E-state index >= 15 is 0 Å². The molecule has 0 saturated carbocycles. The summed E-state index contributed by atoms with van der Waals surface area (Å²) in [6, 6.07) is 7.57. The number of benzene rings is 1. The number of hydrogen-bond acceptors (Lipinski definition) is 3. The average molecular weight is 263 g/mol. The Hall–Kier alpha value is -1.55. The molecule has 0 heterocycles. The van der Waals surface area contributed by atoms with Crippen LogP contribution in [0.5, 0.6) is 0 Å². The highest BCUT2D eigenvalue weighted by molar-refractivity contribution is 5.80. The van der Waals surface area contributed by atoms with E-state index in [1.165, 1.54) is 0 Å². The Balaban J connectivity index is 2.64. The van der Waals surface area contributed by atoms with Crippen LogP contribution in [0.15, 0.2) is 24.3 Å². The molecule has 1 aromatic rings. The van der Waals surface area contributed by atoms with Gasteiger partial charge in [0, 0.05) is 25.3 Å². The number of likely N-dealkylation sites (N-methyl/N-ethyl adjacent to an activating group) is 1. The van der Waals surface area contributed by atoms with Gasteiger partial charge in [-0.2, -0.15) is 0 Å². The molecular formula is C15H25N3O. The van der Waals surface area contributed by atoms with Crippen LogP contribution in [0.25, 0.3) is 0 Å². The van der Waals surface area contributed by atoms with E-state index in [-0.39, 0.29) is 5.91 Å². The standard InChI is InChI=1S/C15H25N3O/c1-4-9-18(11-10-17(2)3)15(19)12-13-7-5-6-8-14(13)16/h5-8H,4,9-12,16H2,1-3H3. The Bertz CT molecular complexity index is 404. The van der Waals surface area contributed by atoms with Crippen molar-refractivity contribution >= 4 is 11.6 Å². The first-order valence-corrected chi connectivity index (χ1v) is 6.80. The topological polar surface area (TPSA) is 49.6 Å². The van der Waals surface area contributed by atoms with Crippen molar-refractivity contribution in [2.24, 2.45) is 0 Å². The third-order valence-corrected chi connectivity index (χ3v) is 3.06. The maximum Gasteiger partial charge on any atom is 0.227 e. The summed E-state index contributed by atoms with van der Waals surface area (Å²) in [4.78, 5) is 16.3. The van der Waals surface area contributed by atoms with Crippen molar-refractivity contribution in [1.29, 1.82) is 0 Å². The summed E-state index contributed by atoms with van der Waals surface area (Å²) in [5, 5.41) is 0. The zero-order chi connectivity index (χ0) is 14.3. The zero-order valence-corrected chi connectivity index (χ0v) is 12.2. The summed E-state index contributed by atoms with van der Waals surface area (Å²) in [6.07, 6.45) is 1.36. The normalized spacial score (nSPS) is 10.7. The van der Waals surface area contributed by atoms with Crippen molar-refractivity contribution in [3.8, 4) is 0 Å². The van der Waals surface area contributed by atoms with E-state index in [4.69, 9.17) is 5.73 Å². The van der Waals surface area contributed by atoms with Gasteiger partial charge in [-0.3, -0.25) is 4.79 Å². The van der Waals surface area contributed by atoms with Gasteiger partial charge in [0.05, 0.1) is 6.42 Å². The molecule has 0 unspecified atom stereocenters. The molecule has 0 bridgehead atoms. The Morgan fingerprint density at radius 3 is 2.42 bits per heavy atom. The first kappa shape index (κ1) is 15.5. The van der Waals surface area contributed by atoms with E-state index in [2.05, 4.69) is 11.8 Å². The molecule has 0 aliphatic carbocycles. The van der Waals surface area contributed by atoms with Gasteiger partial charge >= 0.3 is 0 Å². The quantitative estimate of drug-likeness (QED) is 0.760. The van der Waals surface area contributed by atoms with Crippen molar-refractivity contribution in [2.75, 3.05) is 39.5 Å². The Kier molecular flexibility index (Phi) is 6.36. The van der Waals surface area contributed by atoms with Gasteiger partial charge in [0.1, 0.15) is 0 Å². The fourth-order valence-corrected chi connectivity index (χ4v) is 1.92. The zero-order valence-electron chi connectivity index (χ0n) is 12.2. The van der Waals surface area contributed by atoms with Crippen molar-refractivity contribution in [3.05, 3.63) is 29.8 Å². The second-order valence-corrected chi connectivity index (χ2v) is 5.06. The third kappa shape index (κ3) is 5.30. The van der Waals surface area contributed by atoms with E-state index in [0.29, 0.717) is 12.1 Å². The van der Waals surface area contributed by atoms with E-state index < -0.39 is 0 Å². The molecule has 4 nitrogen and oxygen atoms in total. The van der Waals surface area contributed by atoms with Gasteiger partial charge in [-0.05, 0) is 32.1 Å². The van der Waals surface area contributed by atoms with Crippen LogP contribution in [0.2, 0.25) is 0 Å². The average Bonchev–Trinajstić information content (AvgIpc) is 2.37. The molecule has 0 saturated heterocycles. The fraction of sp³-hybridized carbons (Fsp3) is 0.533. The van der Waals surface area contributed by atoms with E-state index in [0.717, 1.165) is 31.6 Å². The number of nitrogen functional groups attached to an aromatic ring is 1. The molecule has 1 aromatic carbocycles. The molecule has 0 fully saturated rings. The third-order valence-electron chi connectivity index (χ3n) is 3.06. The summed E-state index contributed by atoms with van der Waals surface area (Å²) in [7, 11) is 4.04. The van der Waals surface area contributed by atoms with Crippen LogP contribution in [0.4, 0.5) is 5.69 Å². The lowest BCUT2D eigenvalue weighted by Crippen LogP contribution is -2.38. The molecule has 0 aromatic heterocycles. The largest absolute Gasteiger partial charge is 0.398 e. The summed E-state index contributed by atoms with van der Waals surface area (Å²) in [5.41, 5.74) is 7.50. The molecule has 0 aliphatic heterocycles. The fourth-order valence-electron chi connectivity index (χ4n) is 1.92. The highest BCUT2D eigenvalue weighted by Crippen LogP contribution is 2.12. The second-order valence-electron chi connectivity index (χ2n) is 5.06. The van der Waals surface area contributed by atoms with Gasteiger partial charge in [-0.25, -0.2) is 0 Å². The monoisotopic (exact) mass is 263 g/mol. The number of carbonyl (C=O) groups is 1. The summed E-state index contributed by atoms with van der Waals surface area (Å²) < 4.78 is 0. The number of amides is 1. The SMILES string of the molecule is CCCN(CCN(C)C)C(=O)Cc1ccccc1N. The van der Waals surface area contributed by atoms with Gasteiger partial charge in [-0.1, -0.05) is 25.1 Å². The number of rotatable bonds is 7. The summed E-state index contributed by atoms with van der Waals surface area (Å²) in [6.45, 7) is 4.55. The van der Waals surface area contributed by atoms with Crippen LogP contribution in [0, 0.1) is 0 Å². The Morgan fingerprint density at radius 1 is 1.16 bits per heavy atom. The van der Waals surface area contributed by atoms with Crippen LogP contribution < -0.4 is 5.73 Å². The molecule has 2 N–H and O–H groups in total. The maximum absolute atomic E-state index is 12.3. The van der Waals surface area contributed by atoms with E-state index in [9.17, 15) is 4.79 Å². The molecule has 19 heavy (non-hydrogen) atoms. The molecule has 0 atom stereocenters. The maximum atomic E-state index is 12.3. The van der Waals surface area contributed by atoms with Crippen molar-refractivity contribution in [1.82, 2.24) is 9.80 Å². The second kappa shape index (κ2) is 7.79. The van der Waals surface area contributed by atoms with Crippen LogP contribution in [0.1, 0.15) is 18.9 Å². The minimum atomic E-state index is 0.154. The van der Waals surface area contributed by atoms with Crippen molar-refractivity contribution < 1.29 is 4.79 Å². The predicted octanol–water partition coefficient (Wildman–Crippen LogP) is 1.61. The molecular weight excluding hydrogens is 238 g/mol. The summed E-state index contributed by atoms with van der Waals surface area (Å²) in [5.74, 6) is 0.154. The minimum absolute atomic E-state index is 0.154. The van der Waals surface area contributed by atoms with Crippen LogP contribution in [0.3, 0.4) is 0 Å². The molecule has 0 radical (unpaired) electrons. The lowest BCUT2D eigenvalue weighted by atomic mass is 10.1. The van der Waals surface area contributed by atoms with Gasteiger partial charge in [0.25, 0.3) is 0 Å². The molecule has 1 rings (SSSR count). The minimum Gasteiger partial charge on any atom is -0.398 e. The lowest BCUT2D eigenvalue weighted by molar-refractivity contribution is -0.130. The van der Waals surface area contributed by atoms with Crippen LogP contribution >= 0.6 is 0 Å². The number of para-hydroxylation sites is 1. The first-order chi connectivity index (χ1) is 9.04. The lowest BCUT2D eigenvalue weighted by Gasteiger charge is -2.24. The Labute approximate surface area is 116 Å². The smallest absolute Gasteiger partial charge is 0.227 e. The number of anilines is 1. The van der Waals surface area contributed by atoms with Gasteiger partial charge in [-0.15, -0.1) is 0 Å². The Morgan fingerprint density at radius 2 is 1.84 bits per heavy atom. The molecule has 4 heteroatoms. The number of hydrogen-bond donors (Lipinski definition) is 1. The molecule has 1 amide bonds. The van der Waals surface area contributed by atoms with Crippen LogP contribution in [-0.2, 0) is 11.2 Å². The summed E-state index contributed by atoms with van der Waals surface area (Å²) >= 11 is 0. The molecule has 106 valence electrons.